The van der Waals surface area contributed by atoms with Gasteiger partial charge < -0.3 is 16.4 Å². The lowest BCUT2D eigenvalue weighted by Crippen LogP contribution is -2.50. The number of rotatable bonds is 3. The SMILES string of the molecule is CC(C)(C)NC(=O)CNC(=O)C1CC2CCCC(C1)C2N.Cl. The molecule has 6 heteroatoms. The molecule has 22 heavy (non-hydrogen) atoms. The fraction of sp³-hybridized carbons (Fsp3) is 0.875. The summed E-state index contributed by atoms with van der Waals surface area (Å²) in [5.74, 6) is 0.877. The maximum atomic E-state index is 12.3. The molecule has 0 heterocycles. The highest BCUT2D eigenvalue weighted by molar-refractivity contribution is 5.86. The first-order valence-corrected chi connectivity index (χ1v) is 8.10. The van der Waals surface area contributed by atoms with Gasteiger partial charge in [-0.05, 0) is 58.3 Å². The summed E-state index contributed by atoms with van der Waals surface area (Å²) in [6, 6.07) is 0.270. The Bertz CT molecular complexity index is 395. The van der Waals surface area contributed by atoms with Gasteiger partial charge in [0, 0.05) is 17.5 Å². The van der Waals surface area contributed by atoms with Crippen LogP contribution in [0.3, 0.4) is 0 Å². The van der Waals surface area contributed by atoms with Crippen molar-refractivity contribution in [3.05, 3.63) is 0 Å². The topological polar surface area (TPSA) is 84.2 Å². The molecule has 2 atom stereocenters. The van der Waals surface area contributed by atoms with Crippen LogP contribution in [0.15, 0.2) is 0 Å². The molecule has 0 aromatic heterocycles. The van der Waals surface area contributed by atoms with Crippen LogP contribution in [-0.4, -0.2) is 29.9 Å². The Hall–Kier alpha value is -0.810. The summed E-state index contributed by atoms with van der Waals surface area (Å²) in [5.41, 5.74) is 5.97. The third-order valence-corrected chi connectivity index (χ3v) is 4.72. The zero-order chi connectivity index (χ0) is 15.6. The second-order valence-electron chi connectivity index (χ2n) is 7.71. The van der Waals surface area contributed by atoms with Crippen LogP contribution in [0.25, 0.3) is 0 Å². The summed E-state index contributed by atoms with van der Waals surface area (Å²) in [5, 5.41) is 5.64. The monoisotopic (exact) mass is 331 g/mol. The van der Waals surface area contributed by atoms with Crippen molar-refractivity contribution in [1.82, 2.24) is 10.6 Å². The Morgan fingerprint density at radius 3 is 2.18 bits per heavy atom. The molecule has 2 saturated carbocycles. The largest absolute Gasteiger partial charge is 0.350 e. The summed E-state index contributed by atoms with van der Waals surface area (Å²) >= 11 is 0. The van der Waals surface area contributed by atoms with Crippen molar-refractivity contribution in [3.63, 3.8) is 0 Å². The van der Waals surface area contributed by atoms with Crippen LogP contribution < -0.4 is 16.4 Å². The Kier molecular flexibility index (Phi) is 6.68. The molecule has 4 N–H and O–H groups in total. The van der Waals surface area contributed by atoms with Gasteiger partial charge in [-0.25, -0.2) is 0 Å². The number of halogens is 1. The molecule has 2 unspecified atom stereocenters. The zero-order valence-electron chi connectivity index (χ0n) is 13.9. The van der Waals surface area contributed by atoms with E-state index in [1.54, 1.807) is 0 Å². The lowest BCUT2D eigenvalue weighted by Gasteiger charge is -2.43. The molecule has 2 amide bonds. The van der Waals surface area contributed by atoms with Gasteiger partial charge >= 0.3 is 0 Å². The number of amides is 2. The van der Waals surface area contributed by atoms with E-state index < -0.39 is 0 Å². The van der Waals surface area contributed by atoms with Crippen molar-refractivity contribution in [3.8, 4) is 0 Å². The lowest BCUT2D eigenvalue weighted by molar-refractivity contribution is -0.131. The molecule has 2 aliphatic rings. The summed E-state index contributed by atoms with van der Waals surface area (Å²) < 4.78 is 0. The van der Waals surface area contributed by atoms with Gasteiger partial charge in [-0.1, -0.05) is 6.42 Å². The van der Waals surface area contributed by atoms with Crippen molar-refractivity contribution in [2.75, 3.05) is 6.54 Å². The number of carbonyl (C=O) groups is 2. The third kappa shape index (κ3) is 5.13. The predicted molar refractivity (Wildman–Crippen MR) is 89.7 cm³/mol. The second kappa shape index (κ2) is 7.64. The molecule has 2 rings (SSSR count). The molecular weight excluding hydrogens is 302 g/mol. The van der Waals surface area contributed by atoms with Crippen molar-refractivity contribution < 1.29 is 9.59 Å². The number of fused-ring (bicyclic) bond motifs is 2. The average molecular weight is 332 g/mol. The average Bonchev–Trinajstić information content (AvgIpc) is 2.33. The Morgan fingerprint density at radius 2 is 1.68 bits per heavy atom. The van der Waals surface area contributed by atoms with Gasteiger partial charge in [-0.15, -0.1) is 12.4 Å². The first kappa shape index (κ1) is 19.2. The smallest absolute Gasteiger partial charge is 0.239 e. The highest BCUT2D eigenvalue weighted by atomic mass is 35.5. The lowest BCUT2D eigenvalue weighted by atomic mass is 9.65. The zero-order valence-corrected chi connectivity index (χ0v) is 14.7. The van der Waals surface area contributed by atoms with E-state index in [4.69, 9.17) is 5.73 Å². The van der Waals surface area contributed by atoms with Gasteiger partial charge in [0.05, 0.1) is 6.54 Å². The van der Waals surface area contributed by atoms with Crippen LogP contribution in [0.2, 0.25) is 0 Å². The molecule has 128 valence electrons. The van der Waals surface area contributed by atoms with Crippen LogP contribution in [0, 0.1) is 17.8 Å². The van der Waals surface area contributed by atoms with E-state index in [1.807, 2.05) is 20.8 Å². The Labute approximate surface area is 139 Å². The maximum Gasteiger partial charge on any atom is 0.239 e. The quantitative estimate of drug-likeness (QED) is 0.734. The molecular formula is C16H30ClN3O2. The summed E-state index contributed by atoms with van der Waals surface area (Å²) in [7, 11) is 0. The van der Waals surface area contributed by atoms with E-state index in [0.29, 0.717) is 11.8 Å². The fourth-order valence-corrected chi connectivity index (χ4v) is 3.78. The Balaban J connectivity index is 0.00000242. The number of nitrogens with one attached hydrogen (secondary N) is 2. The minimum absolute atomic E-state index is 0. The molecule has 0 aliphatic heterocycles. The molecule has 0 spiro atoms. The number of carbonyl (C=O) groups excluding carboxylic acids is 2. The summed E-state index contributed by atoms with van der Waals surface area (Å²) in [6.07, 6.45) is 5.29. The van der Waals surface area contributed by atoms with Gasteiger partial charge in [-0.2, -0.15) is 0 Å². The van der Waals surface area contributed by atoms with Gasteiger partial charge in [0.15, 0.2) is 0 Å². The number of hydrogen-bond donors (Lipinski definition) is 3. The van der Waals surface area contributed by atoms with Crippen molar-refractivity contribution in [1.29, 1.82) is 0 Å². The second-order valence-corrected chi connectivity index (χ2v) is 7.71. The number of hydrogen-bond acceptors (Lipinski definition) is 3. The molecule has 0 saturated heterocycles. The fourth-order valence-electron chi connectivity index (χ4n) is 3.78. The predicted octanol–water partition coefficient (Wildman–Crippen LogP) is 1.59. The first-order valence-electron chi connectivity index (χ1n) is 8.10. The molecule has 0 aromatic rings. The van der Waals surface area contributed by atoms with Crippen LogP contribution in [-0.2, 0) is 9.59 Å². The van der Waals surface area contributed by atoms with Crippen molar-refractivity contribution >= 4 is 24.2 Å². The minimum Gasteiger partial charge on any atom is -0.350 e. The molecule has 2 aliphatic carbocycles. The van der Waals surface area contributed by atoms with Crippen LogP contribution in [0.1, 0.15) is 52.9 Å². The van der Waals surface area contributed by atoms with E-state index in [-0.39, 0.29) is 48.3 Å². The van der Waals surface area contributed by atoms with Gasteiger partial charge in [0.25, 0.3) is 0 Å². The highest BCUT2D eigenvalue weighted by Gasteiger charge is 2.40. The first-order chi connectivity index (χ1) is 9.76. The summed E-state index contributed by atoms with van der Waals surface area (Å²) in [4.78, 5) is 24.0. The maximum absolute atomic E-state index is 12.3. The van der Waals surface area contributed by atoms with E-state index in [2.05, 4.69) is 10.6 Å². The van der Waals surface area contributed by atoms with E-state index in [9.17, 15) is 9.59 Å². The number of nitrogens with two attached hydrogens (primary N) is 1. The van der Waals surface area contributed by atoms with Crippen LogP contribution in [0.4, 0.5) is 0 Å². The summed E-state index contributed by atoms with van der Waals surface area (Å²) in [6.45, 7) is 5.84. The normalized spacial score (nSPS) is 30.9. The molecule has 2 fully saturated rings. The molecule has 2 bridgehead atoms. The van der Waals surface area contributed by atoms with Crippen LogP contribution in [0.5, 0.6) is 0 Å². The van der Waals surface area contributed by atoms with Gasteiger partial charge in [0.1, 0.15) is 0 Å². The van der Waals surface area contributed by atoms with Crippen LogP contribution >= 0.6 is 12.4 Å². The standard InChI is InChI=1S/C16H29N3O2.ClH/c1-16(2,3)19-13(20)9-18-15(21)12-7-10-5-4-6-11(8-12)14(10)17;/h10-12,14H,4-9,17H2,1-3H3,(H,18,21)(H,19,20);1H. The molecule has 5 nitrogen and oxygen atoms in total. The van der Waals surface area contributed by atoms with E-state index in [1.165, 1.54) is 6.42 Å². The highest BCUT2D eigenvalue weighted by Crippen LogP contribution is 2.41. The van der Waals surface area contributed by atoms with E-state index in [0.717, 1.165) is 25.7 Å². The molecule has 0 aromatic carbocycles. The molecule has 0 radical (unpaired) electrons. The Morgan fingerprint density at radius 1 is 1.14 bits per heavy atom. The van der Waals surface area contributed by atoms with Gasteiger partial charge in [-0.3, -0.25) is 9.59 Å². The van der Waals surface area contributed by atoms with E-state index >= 15 is 0 Å². The van der Waals surface area contributed by atoms with Crippen molar-refractivity contribution in [2.24, 2.45) is 23.5 Å². The van der Waals surface area contributed by atoms with Crippen molar-refractivity contribution in [2.45, 2.75) is 64.5 Å². The third-order valence-electron chi connectivity index (χ3n) is 4.72. The minimum atomic E-state index is -0.267. The van der Waals surface area contributed by atoms with Gasteiger partial charge in [0.2, 0.25) is 11.8 Å².